The lowest BCUT2D eigenvalue weighted by molar-refractivity contribution is 0.899. The molecule has 0 N–H and O–H groups in total. The Balaban J connectivity index is 1.83. The van der Waals surface area contributed by atoms with Gasteiger partial charge in [-0.1, -0.05) is 18.2 Å². The Morgan fingerprint density at radius 3 is 2.71 bits per heavy atom. The van der Waals surface area contributed by atoms with Gasteiger partial charge in [-0.3, -0.25) is 0 Å². The maximum absolute atomic E-state index is 4.79. The van der Waals surface area contributed by atoms with Crippen molar-refractivity contribution in [2.75, 3.05) is 18.0 Å². The van der Waals surface area contributed by atoms with E-state index in [2.05, 4.69) is 52.0 Å². The number of para-hydroxylation sites is 1. The minimum atomic E-state index is 0.859. The molecule has 0 amide bonds. The summed E-state index contributed by atoms with van der Waals surface area (Å²) in [5.74, 6) is 0.859. The summed E-state index contributed by atoms with van der Waals surface area (Å²) in [6.07, 6.45) is 6.50. The molecule has 1 saturated heterocycles. The molecule has 4 heteroatoms. The Morgan fingerprint density at radius 1 is 1.05 bits per heavy atom. The summed E-state index contributed by atoms with van der Waals surface area (Å²) in [6, 6.07) is 10.4. The summed E-state index contributed by atoms with van der Waals surface area (Å²) in [4.78, 5) is 11.5. The van der Waals surface area contributed by atoms with E-state index in [1.54, 1.807) is 0 Å². The van der Waals surface area contributed by atoms with E-state index in [1.807, 2.05) is 12.3 Å². The van der Waals surface area contributed by atoms with Crippen LogP contribution in [-0.4, -0.2) is 27.6 Å². The molecule has 3 aromatic rings. The van der Waals surface area contributed by atoms with Gasteiger partial charge in [0, 0.05) is 49.0 Å². The third-order valence-electron chi connectivity index (χ3n) is 4.20. The highest BCUT2D eigenvalue weighted by atomic mass is 15.3. The second kappa shape index (κ2) is 4.88. The largest absolute Gasteiger partial charge is 0.350 e. The Bertz CT molecular complexity index is 784. The normalized spacial score (nSPS) is 15.0. The number of nitrogens with zero attached hydrogens (tertiary/aromatic N) is 4. The Labute approximate surface area is 124 Å². The lowest BCUT2D eigenvalue weighted by Crippen LogP contribution is -2.20. The molecule has 106 valence electrons. The van der Waals surface area contributed by atoms with Crippen molar-refractivity contribution in [2.45, 2.75) is 12.8 Å². The van der Waals surface area contributed by atoms with Crippen molar-refractivity contribution in [2.24, 2.45) is 7.05 Å². The molecule has 0 bridgehead atoms. The first-order chi connectivity index (χ1) is 10.3. The van der Waals surface area contributed by atoms with Gasteiger partial charge in [0.05, 0.1) is 5.69 Å². The molecule has 0 saturated carbocycles. The molecule has 21 heavy (non-hydrogen) atoms. The number of aromatic nitrogens is 3. The zero-order valence-electron chi connectivity index (χ0n) is 12.2. The summed E-state index contributed by atoms with van der Waals surface area (Å²) < 4.78 is 2.16. The lowest BCUT2D eigenvalue weighted by Gasteiger charge is -2.15. The van der Waals surface area contributed by atoms with Gasteiger partial charge in [0.15, 0.2) is 0 Å². The minimum Gasteiger partial charge on any atom is -0.350 e. The van der Waals surface area contributed by atoms with E-state index in [0.717, 1.165) is 24.7 Å². The van der Waals surface area contributed by atoms with Crippen LogP contribution >= 0.6 is 0 Å². The van der Waals surface area contributed by atoms with Gasteiger partial charge in [-0.25, -0.2) is 9.97 Å². The molecular formula is C17H18N4. The van der Waals surface area contributed by atoms with E-state index in [-0.39, 0.29) is 0 Å². The molecular weight excluding hydrogens is 260 g/mol. The van der Waals surface area contributed by atoms with Crippen LogP contribution in [0.15, 0.2) is 42.7 Å². The molecule has 0 spiro atoms. The molecule has 0 atom stereocenters. The number of anilines is 1. The molecule has 1 aliphatic rings. The van der Waals surface area contributed by atoms with Crippen LogP contribution in [-0.2, 0) is 7.05 Å². The number of aryl methyl sites for hydroxylation is 1. The SMILES string of the molecule is Cn1cc(-c2ccnc(N3CCCC3)n2)c2ccccc21. The van der Waals surface area contributed by atoms with Gasteiger partial charge in [0.25, 0.3) is 0 Å². The van der Waals surface area contributed by atoms with Crippen LogP contribution < -0.4 is 4.90 Å². The first-order valence-electron chi connectivity index (χ1n) is 7.45. The third kappa shape index (κ3) is 2.07. The van der Waals surface area contributed by atoms with Crippen LogP contribution in [0.1, 0.15) is 12.8 Å². The van der Waals surface area contributed by atoms with Crippen molar-refractivity contribution in [1.82, 2.24) is 14.5 Å². The van der Waals surface area contributed by atoms with Gasteiger partial charge < -0.3 is 9.47 Å². The zero-order chi connectivity index (χ0) is 14.2. The third-order valence-corrected chi connectivity index (χ3v) is 4.20. The maximum atomic E-state index is 4.79. The van der Waals surface area contributed by atoms with Gasteiger partial charge in [-0.2, -0.15) is 0 Å². The summed E-state index contributed by atoms with van der Waals surface area (Å²) in [6.45, 7) is 2.14. The smallest absolute Gasteiger partial charge is 0.225 e. The number of rotatable bonds is 2. The lowest BCUT2D eigenvalue weighted by atomic mass is 10.1. The fourth-order valence-electron chi connectivity index (χ4n) is 3.11. The van der Waals surface area contributed by atoms with Crippen molar-refractivity contribution in [1.29, 1.82) is 0 Å². The molecule has 0 radical (unpaired) electrons. The summed E-state index contributed by atoms with van der Waals surface area (Å²) >= 11 is 0. The van der Waals surface area contributed by atoms with Gasteiger partial charge in [0.1, 0.15) is 0 Å². The number of hydrogen-bond donors (Lipinski definition) is 0. The highest BCUT2D eigenvalue weighted by molar-refractivity contribution is 5.95. The van der Waals surface area contributed by atoms with Crippen molar-refractivity contribution in [3.8, 4) is 11.3 Å². The first-order valence-corrected chi connectivity index (χ1v) is 7.45. The zero-order valence-corrected chi connectivity index (χ0v) is 12.2. The van der Waals surface area contributed by atoms with E-state index < -0.39 is 0 Å². The van der Waals surface area contributed by atoms with Gasteiger partial charge in [-0.05, 0) is 25.0 Å². The monoisotopic (exact) mass is 278 g/mol. The van der Waals surface area contributed by atoms with E-state index in [4.69, 9.17) is 4.98 Å². The maximum Gasteiger partial charge on any atom is 0.225 e. The molecule has 0 unspecified atom stereocenters. The van der Waals surface area contributed by atoms with Crippen LogP contribution in [0.3, 0.4) is 0 Å². The predicted octanol–water partition coefficient (Wildman–Crippen LogP) is 3.24. The molecule has 0 aliphatic carbocycles. The average molecular weight is 278 g/mol. The van der Waals surface area contributed by atoms with Crippen LogP contribution in [0, 0.1) is 0 Å². The number of hydrogen-bond acceptors (Lipinski definition) is 3. The highest BCUT2D eigenvalue weighted by Gasteiger charge is 2.16. The molecule has 4 nitrogen and oxygen atoms in total. The fraction of sp³-hybridized carbons (Fsp3) is 0.294. The van der Waals surface area contributed by atoms with Gasteiger partial charge in [0.2, 0.25) is 5.95 Å². The van der Waals surface area contributed by atoms with Crippen LogP contribution in [0.5, 0.6) is 0 Å². The second-order valence-electron chi connectivity index (χ2n) is 5.61. The van der Waals surface area contributed by atoms with Crippen molar-refractivity contribution in [3.63, 3.8) is 0 Å². The van der Waals surface area contributed by atoms with E-state index in [1.165, 1.54) is 29.3 Å². The molecule has 1 aromatic carbocycles. The summed E-state index contributed by atoms with van der Waals surface area (Å²) in [7, 11) is 2.08. The van der Waals surface area contributed by atoms with E-state index >= 15 is 0 Å². The molecule has 2 aromatic heterocycles. The number of fused-ring (bicyclic) bond motifs is 1. The quantitative estimate of drug-likeness (QED) is 0.721. The Kier molecular flexibility index (Phi) is 2.88. The summed E-state index contributed by atoms with van der Waals surface area (Å²) in [5, 5.41) is 1.24. The van der Waals surface area contributed by atoms with E-state index in [0.29, 0.717) is 0 Å². The second-order valence-corrected chi connectivity index (χ2v) is 5.61. The Hall–Kier alpha value is -2.36. The number of benzene rings is 1. The topological polar surface area (TPSA) is 34.0 Å². The van der Waals surface area contributed by atoms with Crippen LogP contribution in [0.4, 0.5) is 5.95 Å². The fourth-order valence-corrected chi connectivity index (χ4v) is 3.11. The molecule has 3 heterocycles. The van der Waals surface area contributed by atoms with Crippen molar-refractivity contribution >= 4 is 16.9 Å². The van der Waals surface area contributed by atoms with Gasteiger partial charge >= 0.3 is 0 Å². The highest BCUT2D eigenvalue weighted by Crippen LogP contribution is 2.29. The standard InChI is InChI=1S/C17H18N4/c1-20-12-14(13-6-2-3-7-16(13)20)15-8-9-18-17(19-15)21-10-4-5-11-21/h2-3,6-9,12H,4-5,10-11H2,1H3. The molecule has 1 aliphatic heterocycles. The summed E-state index contributed by atoms with van der Waals surface area (Å²) in [5.41, 5.74) is 3.41. The van der Waals surface area contributed by atoms with Crippen molar-refractivity contribution in [3.05, 3.63) is 42.7 Å². The van der Waals surface area contributed by atoms with Crippen LogP contribution in [0.25, 0.3) is 22.2 Å². The molecule has 1 fully saturated rings. The molecule has 4 rings (SSSR count). The minimum absolute atomic E-state index is 0.859. The van der Waals surface area contributed by atoms with E-state index in [9.17, 15) is 0 Å². The average Bonchev–Trinajstić information content (AvgIpc) is 3.17. The van der Waals surface area contributed by atoms with Gasteiger partial charge in [-0.15, -0.1) is 0 Å². The van der Waals surface area contributed by atoms with Crippen LogP contribution in [0.2, 0.25) is 0 Å². The Morgan fingerprint density at radius 2 is 1.86 bits per heavy atom. The predicted molar refractivity (Wildman–Crippen MR) is 85.4 cm³/mol. The first kappa shape index (κ1) is 12.4. The van der Waals surface area contributed by atoms with Crippen molar-refractivity contribution < 1.29 is 0 Å².